The van der Waals surface area contributed by atoms with E-state index in [-0.39, 0.29) is 11.3 Å². The molecule has 2 rings (SSSR count). The van der Waals surface area contributed by atoms with Gasteiger partial charge in [-0.3, -0.25) is 14.9 Å². The molecule has 0 saturated carbocycles. The Morgan fingerprint density at radius 1 is 1.20 bits per heavy atom. The fraction of sp³-hybridized carbons (Fsp3) is 0.176. The van der Waals surface area contributed by atoms with E-state index in [4.69, 9.17) is 4.74 Å². The number of amides is 1. The Morgan fingerprint density at radius 3 is 2.56 bits per heavy atom. The highest BCUT2D eigenvalue weighted by molar-refractivity contribution is 5.93. The number of ether oxygens (including phenoxy) is 2. The standard InChI is InChI=1S/C17H16N2O6/c1-11-5-3-4-6-13(11)18-16(20)10-25-15-8-7-12(17(21)24-2)9-14(15)19(22)23/h3-9H,10H2,1-2H3,(H,18,20). The summed E-state index contributed by atoms with van der Waals surface area (Å²) in [4.78, 5) is 33.9. The first-order chi connectivity index (χ1) is 11.9. The Kier molecular flexibility index (Phi) is 5.67. The minimum absolute atomic E-state index is 0.0194. The molecular formula is C17H16N2O6. The molecule has 1 N–H and O–H groups in total. The molecule has 0 spiro atoms. The molecule has 8 heteroatoms. The van der Waals surface area contributed by atoms with Gasteiger partial charge in [0.2, 0.25) is 0 Å². The number of nitrogens with one attached hydrogen (secondary N) is 1. The zero-order valence-electron chi connectivity index (χ0n) is 13.6. The molecule has 0 bridgehead atoms. The van der Waals surface area contributed by atoms with Gasteiger partial charge in [-0.25, -0.2) is 4.79 Å². The maximum atomic E-state index is 12.0. The van der Waals surface area contributed by atoms with Crippen LogP contribution < -0.4 is 10.1 Å². The molecule has 0 radical (unpaired) electrons. The number of rotatable bonds is 6. The molecule has 130 valence electrons. The Bertz CT molecular complexity index is 819. The Balaban J connectivity index is 2.09. The average Bonchev–Trinajstić information content (AvgIpc) is 2.61. The van der Waals surface area contributed by atoms with Crippen LogP contribution in [0.3, 0.4) is 0 Å². The van der Waals surface area contributed by atoms with Gasteiger partial charge >= 0.3 is 11.7 Å². The third-order valence-electron chi connectivity index (χ3n) is 3.35. The Labute approximate surface area is 143 Å². The third kappa shape index (κ3) is 4.54. The molecule has 0 aliphatic rings. The number of carbonyl (C=O) groups excluding carboxylic acids is 2. The molecule has 0 atom stereocenters. The molecule has 0 aromatic heterocycles. The molecule has 0 heterocycles. The van der Waals surface area contributed by atoms with E-state index >= 15 is 0 Å². The summed E-state index contributed by atoms with van der Waals surface area (Å²) in [6.07, 6.45) is 0. The van der Waals surface area contributed by atoms with E-state index in [1.807, 2.05) is 19.1 Å². The highest BCUT2D eigenvalue weighted by Crippen LogP contribution is 2.28. The summed E-state index contributed by atoms with van der Waals surface area (Å²) >= 11 is 0. The molecule has 2 aromatic carbocycles. The van der Waals surface area contributed by atoms with Crippen LogP contribution >= 0.6 is 0 Å². The summed E-state index contributed by atoms with van der Waals surface area (Å²) in [5, 5.41) is 13.8. The maximum Gasteiger partial charge on any atom is 0.338 e. The van der Waals surface area contributed by atoms with Crippen molar-refractivity contribution in [2.75, 3.05) is 19.0 Å². The van der Waals surface area contributed by atoms with Crippen LogP contribution in [-0.4, -0.2) is 30.5 Å². The van der Waals surface area contributed by atoms with Gasteiger partial charge in [-0.05, 0) is 30.7 Å². The van der Waals surface area contributed by atoms with Crippen LogP contribution in [-0.2, 0) is 9.53 Å². The van der Waals surface area contributed by atoms with Gasteiger partial charge in [-0.15, -0.1) is 0 Å². The van der Waals surface area contributed by atoms with Gasteiger partial charge in [-0.1, -0.05) is 18.2 Å². The molecule has 0 saturated heterocycles. The van der Waals surface area contributed by atoms with Crippen molar-refractivity contribution in [1.29, 1.82) is 0 Å². The summed E-state index contributed by atoms with van der Waals surface area (Å²) in [5.41, 5.74) is 1.11. The number of para-hydroxylation sites is 1. The third-order valence-corrected chi connectivity index (χ3v) is 3.35. The summed E-state index contributed by atoms with van der Waals surface area (Å²) in [7, 11) is 1.18. The molecule has 0 aliphatic carbocycles. The summed E-state index contributed by atoms with van der Waals surface area (Å²) < 4.78 is 9.76. The van der Waals surface area contributed by atoms with Gasteiger partial charge in [0.05, 0.1) is 17.6 Å². The summed E-state index contributed by atoms with van der Waals surface area (Å²) in [6.45, 7) is 1.43. The number of benzene rings is 2. The monoisotopic (exact) mass is 344 g/mol. The molecule has 0 aliphatic heterocycles. The van der Waals surface area contributed by atoms with Crippen molar-refractivity contribution < 1.29 is 24.0 Å². The summed E-state index contributed by atoms with van der Waals surface area (Å²) in [6, 6.07) is 10.8. The fourth-order valence-electron chi connectivity index (χ4n) is 2.07. The Hall–Kier alpha value is -3.42. The lowest BCUT2D eigenvalue weighted by atomic mass is 10.2. The van der Waals surface area contributed by atoms with E-state index in [0.29, 0.717) is 5.69 Å². The molecule has 0 fully saturated rings. The van der Waals surface area contributed by atoms with Crippen molar-refractivity contribution in [2.45, 2.75) is 6.92 Å². The van der Waals surface area contributed by atoms with Gasteiger partial charge in [0.25, 0.3) is 5.91 Å². The number of anilines is 1. The first-order valence-electron chi connectivity index (χ1n) is 7.27. The average molecular weight is 344 g/mol. The van der Waals surface area contributed by atoms with Crippen LogP contribution in [0.5, 0.6) is 5.75 Å². The highest BCUT2D eigenvalue weighted by Gasteiger charge is 2.20. The van der Waals surface area contributed by atoms with Crippen LogP contribution in [0, 0.1) is 17.0 Å². The second-order valence-corrected chi connectivity index (χ2v) is 5.08. The number of hydrogen-bond acceptors (Lipinski definition) is 6. The van der Waals surface area contributed by atoms with Crippen LogP contribution in [0.1, 0.15) is 15.9 Å². The predicted octanol–water partition coefficient (Wildman–Crippen LogP) is 2.71. The minimum atomic E-state index is -0.702. The van der Waals surface area contributed by atoms with Crippen molar-refractivity contribution in [3.05, 3.63) is 63.7 Å². The number of nitrogens with zero attached hydrogens (tertiary/aromatic N) is 1. The zero-order valence-corrected chi connectivity index (χ0v) is 13.6. The predicted molar refractivity (Wildman–Crippen MR) is 89.7 cm³/mol. The first-order valence-corrected chi connectivity index (χ1v) is 7.27. The number of methoxy groups -OCH3 is 1. The fourth-order valence-corrected chi connectivity index (χ4v) is 2.07. The van der Waals surface area contributed by atoms with E-state index in [2.05, 4.69) is 10.1 Å². The second-order valence-electron chi connectivity index (χ2n) is 5.08. The lowest BCUT2D eigenvalue weighted by molar-refractivity contribution is -0.385. The van der Waals surface area contributed by atoms with Crippen molar-refractivity contribution in [3.63, 3.8) is 0 Å². The molecule has 25 heavy (non-hydrogen) atoms. The number of hydrogen-bond donors (Lipinski definition) is 1. The van der Waals surface area contributed by atoms with Gasteiger partial charge in [0.1, 0.15) is 0 Å². The highest BCUT2D eigenvalue weighted by atomic mass is 16.6. The van der Waals surface area contributed by atoms with Crippen LogP contribution in [0.15, 0.2) is 42.5 Å². The number of esters is 1. The van der Waals surface area contributed by atoms with Gasteiger partial charge < -0.3 is 14.8 Å². The van der Waals surface area contributed by atoms with E-state index < -0.39 is 29.1 Å². The van der Waals surface area contributed by atoms with Crippen molar-refractivity contribution in [3.8, 4) is 5.75 Å². The van der Waals surface area contributed by atoms with Crippen molar-refractivity contribution >= 4 is 23.3 Å². The second kappa shape index (κ2) is 7.91. The first kappa shape index (κ1) is 17.9. The van der Waals surface area contributed by atoms with Gasteiger partial charge in [-0.2, -0.15) is 0 Å². The lowest BCUT2D eigenvalue weighted by Gasteiger charge is -2.10. The van der Waals surface area contributed by atoms with Gasteiger partial charge in [0.15, 0.2) is 12.4 Å². The van der Waals surface area contributed by atoms with E-state index in [0.717, 1.165) is 11.6 Å². The van der Waals surface area contributed by atoms with Gasteiger partial charge in [0, 0.05) is 11.8 Å². The molecule has 1 amide bonds. The van der Waals surface area contributed by atoms with Crippen molar-refractivity contribution in [1.82, 2.24) is 0 Å². The smallest absolute Gasteiger partial charge is 0.338 e. The quantitative estimate of drug-likeness (QED) is 0.490. The largest absolute Gasteiger partial charge is 0.477 e. The van der Waals surface area contributed by atoms with E-state index in [1.165, 1.54) is 19.2 Å². The zero-order chi connectivity index (χ0) is 18.4. The SMILES string of the molecule is COC(=O)c1ccc(OCC(=O)Nc2ccccc2C)c([N+](=O)[O-])c1. The normalized spacial score (nSPS) is 10.0. The molecule has 0 unspecified atom stereocenters. The number of nitro benzene ring substituents is 1. The van der Waals surface area contributed by atoms with E-state index in [9.17, 15) is 19.7 Å². The van der Waals surface area contributed by atoms with Crippen molar-refractivity contribution in [2.24, 2.45) is 0 Å². The number of carbonyl (C=O) groups is 2. The topological polar surface area (TPSA) is 108 Å². The number of aryl methyl sites for hydroxylation is 1. The van der Waals surface area contributed by atoms with Crippen LogP contribution in [0.25, 0.3) is 0 Å². The van der Waals surface area contributed by atoms with Crippen LogP contribution in [0.2, 0.25) is 0 Å². The maximum absolute atomic E-state index is 12.0. The Morgan fingerprint density at radius 2 is 1.92 bits per heavy atom. The van der Waals surface area contributed by atoms with E-state index in [1.54, 1.807) is 12.1 Å². The lowest BCUT2D eigenvalue weighted by Crippen LogP contribution is -2.21. The molecular weight excluding hydrogens is 328 g/mol. The number of nitro groups is 1. The molecule has 2 aromatic rings. The summed E-state index contributed by atoms with van der Waals surface area (Å²) in [5.74, 6) is -1.27. The van der Waals surface area contributed by atoms with Crippen LogP contribution in [0.4, 0.5) is 11.4 Å². The molecule has 8 nitrogen and oxygen atoms in total. The minimum Gasteiger partial charge on any atom is -0.477 e.